The van der Waals surface area contributed by atoms with E-state index in [0.29, 0.717) is 105 Å². The Morgan fingerprint density at radius 2 is 0.737 bits per heavy atom. The number of aliphatic hydroxyl groups is 4. The lowest BCUT2D eigenvalue weighted by atomic mass is 9.89. The topological polar surface area (TPSA) is 430 Å². The summed E-state index contributed by atoms with van der Waals surface area (Å²) in [6, 6.07) is 7.39. The molecule has 32 nitrogen and oxygen atoms in total. The van der Waals surface area contributed by atoms with E-state index in [-0.39, 0.29) is 128 Å². The number of aliphatic hydroxyl groups excluding tert-OH is 4. The maximum atomic E-state index is 14.0. The highest BCUT2D eigenvalue weighted by Crippen LogP contribution is 2.46. The van der Waals surface area contributed by atoms with E-state index in [9.17, 15) is 76.3 Å². The lowest BCUT2D eigenvalue weighted by molar-refractivity contribution is 0.0115. The number of carbonyl (C=O) groups is 8. The summed E-state index contributed by atoms with van der Waals surface area (Å²) in [7, 11) is 0. The average Bonchev–Trinajstić information content (AvgIpc) is 1.56. The molecule has 0 spiro atoms. The van der Waals surface area contributed by atoms with Gasteiger partial charge in [-0.1, -0.05) is 13.8 Å². The SMILES string of the molecule is CC[C@@H](C)Nc1cc(C)c(-c2sc(C(=O)N[C@H]3CC[C@@H]3O)nc2C(=O)N2C3CCC2CC3)cn1.CC[C@@H](CO)NC(=O)c1nc(C(=O)N2CC(F)(F)C[C@@H]2C)c(-c2cnc(NC(C)C)cc2C)s1.Cc1cc(NC(C)C)ncc1-c1sc(C(=O)N[C@@H]2CC[C@@H](O)C2)nc1C(=O)N1CC(F)(F)C[C@@H]1C.Cc1cc(NC(C)C)ncc1-c1sc(C(=O)N[C@H]2CC[C@H](O)C2)nc1C(=O)N1C2CCC1CC2. The summed E-state index contributed by atoms with van der Waals surface area (Å²) in [6.07, 6.45) is 19.6. The second-order valence-corrected chi connectivity index (χ2v) is 43.0. The van der Waals surface area contributed by atoms with Crippen LogP contribution < -0.4 is 42.5 Å². The molecule has 14 heterocycles. The molecule has 3 aliphatic carbocycles. The molecule has 17 rings (SSSR count). The van der Waals surface area contributed by atoms with E-state index < -0.39 is 91.7 Å². The summed E-state index contributed by atoms with van der Waals surface area (Å²) in [5.41, 5.74) is 7.06. The molecule has 0 radical (unpaired) electrons. The van der Waals surface area contributed by atoms with E-state index >= 15 is 0 Å². The normalized spacial score (nSPS) is 23.5. The molecule has 10 atom stereocenters. The zero-order valence-corrected chi connectivity index (χ0v) is 83.5. The lowest BCUT2D eigenvalue weighted by Crippen LogP contribution is -2.50. The standard InChI is InChI=1S/2C25H33N5O3S.C24H31F2N5O3S.C23H31F2N5O3S/c1-13(2)27-20-10-14(3)19(12-26-20)22-21(25(33)30-16-5-6-17(30)8-7-16)29-24(34-22)23(32)28-15-4-9-18(31)11-15;1-4-14(3)27-20-11-13(2)17(12-26-20)22-21(25(33)30-15-5-6-16(30)8-7-15)29-24(34-22)23(32)28-18-9-10-19(18)31;1-12(2)28-18-7-13(3)17(10-27-18)20-19(23(34)31-11-24(25,26)9-14(31)4)30-22(35-20)21(33)29-15-5-6-16(32)8-15;1-6-15(10-31)28-20(32)21-29-18(22(33)30-11-23(24,25)8-14(30)5)19(34-21)16-9-26-17(7-13(16)4)27-12(2)3/h10,12-13,15-18,31H,4-9,11H2,1-3H3,(H,26,27)(H,28,32);11-12,14-16,18-19,31H,4-10H2,1-3H3,(H,26,27)(H,28,32);7,10,12,14-16,32H,5-6,8-9,11H2,1-4H3,(H,27,28)(H,29,33);7,9,12,14-15,31H,6,8,10-11H2,1-5H3,(H,26,27)(H,28,32)/t15-,16?,17?,18-;14-,15?,16?,18+,19+;14-,15+,16+;14-,15-/m0100/s1. The summed E-state index contributed by atoms with van der Waals surface area (Å²) in [4.78, 5) is 150. The molecule has 8 aromatic rings. The van der Waals surface area contributed by atoms with Gasteiger partial charge in [0.2, 0.25) is 0 Å². The molecule has 740 valence electrons. The fourth-order valence-corrected chi connectivity index (χ4v) is 23.5. The maximum absolute atomic E-state index is 14.0. The lowest BCUT2D eigenvalue weighted by Gasteiger charge is -2.32. The van der Waals surface area contributed by atoms with E-state index in [4.69, 9.17) is 0 Å². The van der Waals surface area contributed by atoms with Crippen molar-refractivity contribution < 1.29 is 76.3 Å². The molecule has 6 saturated heterocycles. The number of nitrogens with one attached hydrogen (secondary N) is 8. The van der Waals surface area contributed by atoms with Crippen molar-refractivity contribution in [2.75, 3.05) is 41.0 Å². The highest BCUT2D eigenvalue weighted by molar-refractivity contribution is 7.18. The molecule has 0 aromatic carbocycles. The van der Waals surface area contributed by atoms with Crippen LogP contribution in [0, 0.1) is 27.7 Å². The van der Waals surface area contributed by atoms with Crippen LogP contribution >= 0.6 is 45.3 Å². The third kappa shape index (κ3) is 24.0. The first-order valence-electron chi connectivity index (χ1n) is 47.9. The summed E-state index contributed by atoms with van der Waals surface area (Å²) in [6.45, 7) is 27.4. The fourth-order valence-electron chi connectivity index (χ4n) is 19.4. The van der Waals surface area contributed by atoms with Gasteiger partial charge in [-0.15, -0.1) is 45.3 Å². The highest BCUT2D eigenvalue weighted by atomic mass is 32.1. The number of pyridine rings is 4. The van der Waals surface area contributed by atoms with Gasteiger partial charge >= 0.3 is 0 Å². The maximum Gasteiger partial charge on any atom is 0.280 e. The van der Waals surface area contributed by atoms with Gasteiger partial charge in [-0.25, -0.2) is 57.4 Å². The molecule has 8 aromatic heterocycles. The van der Waals surface area contributed by atoms with Crippen LogP contribution in [-0.4, -0.2) is 262 Å². The third-order valence-corrected chi connectivity index (χ3v) is 31.2. The number of aromatic nitrogens is 8. The summed E-state index contributed by atoms with van der Waals surface area (Å²) in [5.74, 6) is -6.05. The molecule has 3 saturated carbocycles. The summed E-state index contributed by atoms with van der Waals surface area (Å²) < 4.78 is 56.1. The number of alkyl halides is 4. The van der Waals surface area contributed by atoms with Crippen molar-refractivity contribution in [1.82, 2.24) is 80.7 Å². The van der Waals surface area contributed by atoms with Gasteiger partial charge in [0.25, 0.3) is 59.1 Å². The molecule has 4 bridgehead atoms. The van der Waals surface area contributed by atoms with Gasteiger partial charge in [-0.05, 0) is 252 Å². The molecule has 8 amide bonds. The second-order valence-electron chi connectivity index (χ2n) is 39.0. The Bertz CT molecular complexity index is 5710. The van der Waals surface area contributed by atoms with E-state index in [1.54, 1.807) is 38.6 Å². The van der Waals surface area contributed by atoms with Crippen molar-refractivity contribution in [3.05, 3.63) is 114 Å². The number of carbonyl (C=O) groups excluding carboxylic acids is 8. The van der Waals surface area contributed by atoms with Crippen molar-refractivity contribution in [3.63, 3.8) is 0 Å². The van der Waals surface area contributed by atoms with Gasteiger partial charge in [0.15, 0.2) is 20.0 Å². The Morgan fingerprint density at radius 1 is 0.423 bits per heavy atom. The minimum Gasteiger partial charge on any atom is -0.394 e. The number of likely N-dealkylation sites (tertiary alicyclic amines) is 2. The molecular weight excluding hydrogens is 1840 g/mol. The van der Waals surface area contributed by atoms with Gasteiger partial charge in [0.05, 0.1) is 69.6 Å². The molecule has 9 fully saturated rings. The number of thiazole rings is 4. The quantitative estimate of drug-likeness (QED) is 0.0213. The van der Waals surface area contributed by atoms with Crippen molar-refractivity contribution in [1.29, 1.82) is 0 Å². The van der Waals surface area contributed by atoms with Gasteiger partial charge < -0.3 is 82.6 Å². The predicted octanol–water partition coefficient (Wildman–Crippen LogP) is 15.0. The number of rotatable bonds is 27. The van der Waals surface area contributed by atoms with Crippen LogP contribution in [0.3, 0.4) is 0 Å². The number of anilines is 4. The Kier molecular flexibility index (Phi) is 32.6. The van der Waals surface area contributed by atoms with Crippen LogP contribution in [0.25, 0.3) is 41.8 Å². The number of halogens is 4. The van der Waals surface area contributed by atoms with Gasteiger partial charge in [-0.2, -0.15) is 0 Å². The highest BCUT2D eigenvalue weighted by Gasteiger charge is 2.50. The predicted molar refractivity (Wildman–Crippen MR) is 522 cm³/mol. The van der Waals surface area contributed by atoms with Crippen LogP contribution in [0.5, 0.6) is 0 Å². The van der Waals surface area contributed by atoms with Crippen molar-refractivity contribution in [2.24, 2.45) is 0 Å². The Balaban J connectivity index is 0.000000146. The molecule has 6 aliphatic heterocycles. The van der Waals surface area contributed by atoms with Crippen molar-refractivity contribution in [3.8, 4) is 41.8 Å². The molecular formula is C97H128F4N20O12S4. The van der Waals surface area contributed by atoms with E-state index in [1.165, 1.54) is 22.7 Å². The molecule has 12 N–H and O–H groups in total. The largest absolute Gasteiger partial charge is 0.394 e. The second kappa shape index (κ2) is 43.6. The fraction of sp³-hybridized carbons (Fsp3) is 0.588. The number of aryl methyl sites for hydroxylation is 4. The number of hydrogen-bond donors (Lipinski definition) is 12. The number of hydrogen-bond acceptors (Lipinski definition) is 28. The zero-order chi connectivity index (χ0) is 98.7. The Labute approximate surface area is 811 Å². The summed E-state index contributed by atoms with van der Waals surface area (Å²) >= 11 is 4.54. The first kappa shape index (κ1) is 103. The Hall–Kier alpha value is -10.4. The average molecular weight is 1970 g/mol. The number of fused-ring (bicyclic) bond motifs is 4. The van der Waals surface area contributed by atoms with Gasteiger partial charge in [0.1, 0.15) is 46.0 Å². The van der Waals surface area contributed by atoms with Crippen LogP contribution in [0.4, 0.5) is 40.8 Å². The van der Waals surface area contributed by atoms with Crippen molar-refractivity contribution in [2.45, 2.75) is 347 Å². The first-order chi connectivity index (χ1) is 65.0. The molecule has 0 unspecified atom stereocenters. The van der Waals surface area contributed by atoms with Crippen LogP contribution in [0.15, 0.2) is 49.1 Å². The monoisotopic (exact) mass is 1970 g/mol. The van der Waals surface area contributed by atoms with E-state index in [2.05, 4.69) is 110 Å². The molecule has 137 heavy (non-hydrogen) atoms. The third-order valence-electron chi connectivity index (χ3n) is 26.9. The minimum absolute atomic E-state index is 0.0210. The van der Waals surface area contributed by atoms with Gasteiger partial charge in [-0.3, -0.25) is 38.4 Å². The first-order valence-corrected chi connectivity index (χ1v) is 51.2. The zero-order valence-electron chi connectivity index (χ0n) is 80.3. The van der Waals surface area contributed by atoms with Crippen LogP contribution in [0.1, 0.15) is 308 Å². The number of amides is 8. The summed E-state index contributed by atoms with van der Waals surface area (Å²) in [5, 5.41) is 64.1. The molecule has 40 heteroatoms. The molecule has 9 aliphatic rings. The van der Waals surface area contributed by atoms with Gasteiger partial charge in [0, 0.05) is 132 Å². The van der Waals surface area contributed by atoms with E-state index in [0.717, 1.165) is 148 Å². The van der Waals surface area contributed by atoms with E-state index in [1.807, 2.05) is 96.4 Å². The smallest absolute Gasteiger partial charge is 0.280 e. The van der Waals surface area contributed by atoms with Crippen molar-refractivity contribution >= 4 is 116 Å². The minimum atomic E-state index is -2.97. The van der Waals surface area contributed by atoms with Crippen LogP contribution in [0.2, 0.25) is 0 Å². The van der Waals surface area contributed by atoms with Crippen LogP contribution in [-0.2, 0) is 0 Å². The Morgan fingerprint density at radius 3 is 0.993 bits per heavy atom. The number of nitrogens with zero attached hydrogens (tertiary/aromatic N) is 12.